The molecule has 1 aliphatic rings. The number of nitrogens with one attached hydrogen (secondary N) is 1. The van der Waals surface area contributed by atoms with Crippen molar-refractivity contribution in [3.63, 3.8) is 0 Å². The number of rotatable bonds is 3. The predicted molar refractivity (Wildman–Crippen MR) is 75.4 cm³/mol. The molecule has 0 bridgehead atoms. The Morgan fingerprint density at radius 2 is 2.20 bits per heavy atom. The van der Waals surface area contributed by atoms with E-state index in [0.29, 0.717) is 14.8 Å². The van der Waals surface area contributed by atoms with Crippen LogP contribution in [0.5, 0.6) is 11.5 Å². The first kappa shape index (κ1) is 14.3. The molecule has 104 valence electrons. The molecule has 1 aromatic rings. The van der Waals surface area contributed by atoms with Crippen LogP contribution in [-0.4, -0.2) is 22.3 Å². The molecule has 2 rings (SSSR count). The SMILES string of the molecule is COc1cc(/C=C2\SC(=S)NC2=O)cc([N+](=O)[O-])c1[O-]. The first-order valence-corrected chi connectivity index (χ1v) is 6.43. The largest absolute Gasteiger partial charge is 0.865 e. The van der Waals surface area contributed by atoms with Gasteiger partial charge in [0.1, 0.15) is 10.1 Å². The Labute approximate surface area is 122 Å². The number of nitro benzene ring substituents is 1. The standard InChI is InChI=1S/C11H8N2O5S2/c1-18-7-3-5(2-6(9(7)14)13(16)17)4-8-10(15)12-11(19)20-8/h2-4,14H,1H3,(H,12,15,19)/p-1/b8-4-. The minimum absolute atomic E-state index is 0.156. The molecule has 1 N–H and O–H groups in total. The van der Waals surface area contributed by atoms with Crippen LogP contribution in [0.25, 0.3) is 6.08 Å². The van der Waals surface area contributed by atoms with Crippen molar-refractivity contribution in [1.82, 2.24) is 5.32 Å². The van der Waals surface area contributed by atoms with Crippen LogP contribution in [0.2, 0.25) is 0 Å². The molecular formula is C11H7N2O5S2-. The molecule has 0 atom stereocenters. The highest BCUT2D eigenvalue weighted by Crippen LogP contribution is 2.36. The van der Waals surface area contributed by atoms with Gasteiger partial charge in [0.25, 0.3) is 11.6 Å². The number of thioether (sulfide) groups is 1. The highest BCUT2D eigenvalue weighted by Gasteiger charge is 2.22. The zero-order valence-electron chi connectivity index (χ0n) is 10.0. The number of hydrogen-bond donors (Lipinski definition) is 1. The van der Waals surface area contributed by atoms with E-state index in [4.69, 9.17) is 17.0 Å². The second-order valence-electron chi connectivity index (χ2n) is 3.68. The molecule has 20 heavy (non-hydrogen) atoms. The minimum atomic E-state index is -0.807. The summed E-state index contributed by atoms with van der Waals surface area (Å²) in [6.07, 6.45) is 1.41. The van der Waals surface area contributed by atoms with Crippen LogP contribution in [-0.2, 0) is 4.79 Å². The predicted octanol–water partition coefficient (Wildman–Crippen LogP) is 1.17. The Morgan fingerprint density at radius 1 is 1.50 bits per heavy atom. The first-order valence-electron chi connectivity index (χ1n) is 5.20. The minimum Gasteiger partial charge on any atom is -0.865 e. The maximum atomic E-state index is 11.7. The van der Waals surface area contributed by atoms with Gasteiger partial charge in [-0.25, -0.2) is 0 Å². The highest BCUT2D eigenvalue weighted by atomic mass is 32.2. The average Bonchev–Trinajstić information content (AvgIpc) is 2.69. The lowest BCUT2D eigenvalue weighted by Crippen LogP contribution is -2.17. The number of benzene rings is 1. The summed E-state index contributed by atoms with van der Waals surface area (Å²) in [7, 11) is 1.24. The third-order valence-corrected chi connectivity index (χ3v) is 3.58. The summed E-state index contributed by atoms with van der Waals surface area (Å²) in [6.45, 7) is 0. The summed E-state index contributed by atoms with van der Waals surface area (Å²) in [5.41, 5.74) is -0.294. The Bertz CT molecular complexity index is 656. The van der Waals surface area contributed by atoms with E-state index in [1.807, 2.05) is 0 Å². The summed E-state index contributed by atoms with van der Waals surface area (Å²) < 4.78 is 5.12. The molecule has 1 aromatic carbocycles. The van der Waals surface area contributed by atoms with Crippen molar-refractivity contribution in [3.8, 4) is 11.5 Å². The van der Waals surface area contributed by atoms with Gasteiger partial charge < -0.3 is 15.2 Å². The molecule has 1 aliphatic heterocycles. The fourth-order valence-corrected chi connectivity index (χ4v) is 2.60. The summed E-state index contributed by atoms with van der Waals surface area (Å²) in [6, 6.07) is 2.42. The van der Waals surface area contributed by atoms with Gasteiger partial charge in [0.2, 0.25) is 0 Å². The monoisotopic (exact) mass is 311 g/mol. The van der Waals surface area contributed by atoms with Crippen LogP contribution in [0.3, 0.4) is 0 Å². The zero-order chi connectivity index (χ0) is 14.9. The number of carbonyl (C=O) groups is 1. The molecule has 0 aliphatic carbocycles. The third kappa shape index (κ3) is 2.73. The molecule has 1 amide bonds. The Balaban J connectivity index is 2.50. The van der Waals surface area contributed by atoms with Gasteiger partial charge in [0, 0.05) is 11.8 Å². The zero-order valence-corrected chi connectivity index (χ0v) is 11.7. The van der Waals surface area contributed by atoms with Crippen LogP contribution in [0, 0.1) is 10.1 Å². The quantitative estimate of drug-likeness (QED) is 0.386. The van der Waals surface area contributed by atoms with Crippen LogP contribution in [0.4, 0.5) is 5.69 Å². The van der Waals surface area contributed by atoms with Gasteiger partial charge in [-0.3, -0.25) is 14.9 Å². The second-order valence-corrected chi connectivity index (χ2v) is 5.40. The van der Waals surface area contributed by atoms with Crippen molar-refractivity contribution >= 4 is 46.0 Å². The average molecular weight is 311 g/mol. The Hall–Kier alpha value is -2.13. The number of nitrogens with zero attached hydrogens (tertiary/aromatic N) is 1. The fourth-order valence-electron chi connectivity index (χ4n) is 1.55. The van der Waals surface area contributed by atoms with E-state index in [0.717, 1.165) is 17.8 Å². The van der Waals surface area contributed by atoms with Crippen molar-refractivity contribution in [2.75, 3.05) is 7.11 Å². The van der Waals surface area contributed by atoms with Gasteiger partial charge in [-0.1, -0.05) is 24.0 Å². The van der Waals surface area contributed by atoms with Gasteiger partial charge in [0.05, 0.1) is 16.9 Å². The summed E-state index contributed by atoms with van der Waals surface area (Å²) in [5.74, 6) is -1.34. The lowest BCUT2D eigenvalue weighted by molar-refractivity contribution is -0.398. The molecule has 0 aromatic heterocycles. The van der Waals surface area contributed by atoms with E-state index < -0.39 is 16.4 Å². The molecule has 1 saturated heterocycles. The lowest BCUT2D eigenvalue weighted by atomic mass is 10.1. The number of thiocarbonyl (C=S) groups is 1. The number of amides is 1. The number of methoxy groups -OCH3 is 1. The maximum Gasteiger partial charge on any atom is 0.266 e. The molecule has 0 radical (unpaired) electrons. The second kappa shape index (κ2) is 5.47. The van der Waals surface area contributed by atoms with Crippen molar-refractivity contribution < 1.29 is 19.6 Å². The number of carbonyl (C=O) groups excluding carboxylic acids is 1. The van der Waals surface area contributed by atoms with Crippen LogP contribution in [0.1, 0.15) is 5.56 Å². The molecule has 0 saturated carbocycles. The van der Waals surface area contributed by atoms with Gasteiger partial charge in [-0.2, -0.15) is 0 Å². The van der Waals surface area contributed by atoms with E-state index in [1.54, 1.807) is 0 Å². The lowest BCUT2D eigenvalue weighted by Gasteiger charge is -2.13. The van der Waals surface area contributed by atoms with Crippen molar-refractivity contribution in [2.24, 2.45) is 0 Å². The Kier molecular flexibility index (Phi) is 3.91. The smallest absolute Gasteiger partial charge is 0.266 e. The number of nitro groups is 1. The van der Waals surface area contributed by atoms with Gasteiger partial charge >= 0.3 is 0 Å². The highest BCUT2D eigenvalue weighted by molar-refractivity contribution is 8.26. The molecule has 1 heterocycles. The van der Waals surface area contributed by atoms with Gasteiger partial charge in [-0.05, 0) is 17.7 Å². The van der Waals surface area contributed by atoms with E-state index in [-0.39, 0.29) is 11.7 Å². The Morgan fingerprint density at radius 3 is 2.70 bits per heavy atom. The topological polar surface area (TPSA) is 105 Å². The number of hydrogen-bond acceptors (Lipinski definition) is 7. The van der Waals surface area contributed by atoms with Crippen molar-refractivity contribution in [2.45, 2.75) is 0 Å². The molecular weight excluding hydrogens is 304 g/mol. The fraction of sp³-hybridized carbons (Fsp3) is 0.0909. The summed E-state index contributed by atoms with van der Waals surface area (Å²) in [5, 5.41) is 24.9. The van der Waals surface area contributed by atoms with Gasteiger partial charge in [0.15, 0.2) is 0 Å². The first-order chi connectivity index (χ1) is 9.42. The van der Waals surface area contributed by atoms with Crippen molar-refractivity contribution in [3.05, 3.63) is 32.7 Å². The van der Waals surface area contributed by atoms with Crippen LogP contribution >= 0.6 is 24.0 Å². The van der Waals surface area contributed by atoms with E-state index >= 15 is 0 Å². The summed E-state index contributed by atoms with van der Waals surface area (Å²) in [4.78, 5) is 21.8. The van der Waals surface area contributed by atoms with Gasteiger partial charge in [-0.15, -0.1) is 0 Å². The molecule has 7 nitrogen and oxygen atoms in total. The van der Waals surface area contributed by atoms with Crippen molar-refractivity contribution in [1.29, 1.82) is 0 Å². The van der Waals surface area contributed by atoms with E-state index in [1.165, 1.54) is 19.3 Å². The molecule has 0 unspecified atom stereocenters. The molecule has 9 heteroatoms. The summed E-state index contributed by atoms with van der Waals surface area (Å²) >= 11 is 5.88. The molecule has 1 fully saturated rings. The number of ether oxygens (including phenoxy) is 1. The van der Waals surface area contributed by atoms with E-state index in [2.05, 4.69) is 5.32 Å². The van der Waals surface area contributed by atoms with Crippen LogP contribution < -0.4 is 15.2 Å². The maximum absolute atomic E-state index is 11.7. The third-order valence-electron chi connectivity index (χ3n) is 2.41. The van der Waals surface area contributed by atoms with Crippen LogP contribution in [0.15, 0.2) is 17.0 Å². The normalized spacial score (nSPS) is 16.4. The van der Waals surface area contributed by atoms with E-state index in [9.17, 15) is 20.0 Å². The molecule has 0 spiro atoms.